The molecule has 5 rings (SSSR count). The van der Waals surface area contributed by atoms with E-state index >= 15 is 0 Å². The molecule has 0 aromatic rings. The molecule has 224 valence electrons. The van der Waals surface area contributed by atoms with Crippen molar-refractivity contribution in [1.29, 1.82) is 0 Å². The highest BCUT2D eigenvalue weighted by molar-refractivity contribution is 5.67. The predicted molar refractivity (Wildman–Crippen MR) is 155 cm³/mol. The minimum atomic E-state index is -0.786. The van der Waals surface area contributed by atoms with Crippen LogP contribution in [0.5, 0.6) is 0 Å². The predicted octanol–water partition coefficient (Wildman–Crippen LogP) is 6.78. The first kappa shape index (κ1) is 29.6. The standard InChI is InChI=1S/C33H58N2O4/c1-9-10-14-31-20-32(31)15-13-26(36)29(5,6)24(32)11-12-25(31)30(7)17-22-21(2)16-33(34,38-23(22)18-30)19-28(3,4)39-27(37)35-8/h21-26,36H,9-20,34H2,1-8H3,(H,35,37)/t21-,22?,23?,24?,25?,26?,30+,31?,32?,33-/m1/s1. The number of ether oxygens (including phenoxy) is 2. The third kappa shape index (κ3) is 4.67. The summed E-state index contributed by atoms with van der Waals surface area (Å²) in [7, 11) is 1.58. The van der Waals surface area contributed by atoms with Gasteiger partial charge in [-0.2, -0.15) is 0 Å². The fraction of sp³-hybridized carbons (Fsp3) is 0.970. The van der Waals surface area contributed by atoms with E-state index in [2.05, 4.69) is 39.9 Å². The Morgan fingerprint density at radius 3 is 2.49 bits per heavy atom. The van der Waals surface area contributed by atoms with Crippen LogP contribution in [0.2, 0.25) is 0 Å². The second-order valence-electron chi connectivity index (χ2n) is 16.4. The summed E-state index contributed by atoms with van der Waals surface area (Å²) in [5.74, 6) is 2.38. The summed E-state index contributed by atoms with van der Waals surface area (Å²) in [5, 5.41) is 13.6. The van der Waals surface area contributed by atoms with E-state index in [1.165, 1.54) is 51.4 Å². The molecule has 6 nitrogen and oxygen atoms in total. The number of nitrogens with one attached hydrogen (secondary N) is 1. The van der Waals surface area contributed by atoms with Crippen molar-refractivity contribution in [3.05, 3.63) is 0 Å². The van der Waals surface area contributed by atoms with Gasteiger partial charge in [0.2, 0.25) is 0 Å². The van der Waals surface area contributed by atoms with Gasteiger partial charge in [-0.1, -0.05) is 47.5 Å². The van der Waals surface area contributed by atoms with Gasteiger partial charge in [-0.05, 0) is 117 Å². The number of amides is 1. The number of rotatable bonds is 7. The Bertz CT molecular complexity index is 952. The van der Waals surface area contributed by atoms with E-state index in [4.69, 9.17) is 15.2 Å². The van der Waals surface area contributed by atoms with E-state index in [1.807, 2.05) is 13.8 Å². The van der Waals surface area contributed by atoms with Crippen LogP contribution in [0.25, 0.3) is 0 Å². The monoisotopic (exact) mass is 546 g/mol. The Morgan fingerprint density at radius 2 is 1.82 bits per heavy atom. The largest absolute Gasteiger partial charge is 0.443 e. The molecule has 0 bridgehead atoms. The normalized spacial score (nSPS) is 48.5. The van der Waals surface area contributed by atoms with Gasteiger partial charge in [-0.3, -0.25) is 0 Å². The van der Waals surface area contributed by atoms with Crippen LogP contribution in [0, 0.1) is 45.3 Å². The lowest BCUT2D eigenvalue weighted by molar-refractivity contribution is -0.183. The second kappa shape index (κ2) is 9.59. The molecular weight excluding hydrogens is 488 g/mol. The van der Waals surface area contributed by atoms with Crippen molar-refractivity contribution in [3.8, 4) is 0 Å². The third-order valence-electron chi connectivity index (χ3n) is 12.9. The molecule has 4 N–H and O–H groups in total. The molecule has 1 spiro atoms. The molecule has 1 saturated heterocycles. The molecule has 0 radical (unpaired) electrons. The van der Waals surface area contributed by atoms with E-state index in [1.54, 1.807) is 7.05 Å². The van der Waals surface area contributed by atoms with Crippen LogP contribution < -0.4 is 11.1 Å². The Balaban J connectivity index is 1.37. The van der Waals surface area contributed by atoms with Gasteiger partial charge in [0.1, 0.15) is 11.3 Å². The molecule has 0 aromatic heterocycles. The highest BCUT2D eigenvalue weighted by atomic mass is 16.6. The van der Waals surface area contributed by atoms with Crippen molar-refractivity contribution in [2.45, 2.75) is 149 Å². The van der Waals surface area contributed by atoms with E-state index < -0.39 is 17.4 Å². The van der Waals surface area contributed by atoms with Crippen LogP contribution in [-0.2, 0) is 9.47 Å². The molecule has 5 aliphatic rings. The number of fused-ring (bicyclic) bond motifs is 1. The van der Waals surface area contributed by atoms with Crippen molar-refractivity contribution < 1.29 is 19.4 Å². The summed E-state index contributed by atoms with van der Waals surface area (Å²) >= 11 is 0. The van der Waals surface area contributed by atoms with E-state index in [0.717, 1.165) is 25.2 Å². The summed E-state index contributed by atoms with van der Waals surface area (Å²) < 4.78 is 12.5. The quantitative estimate of drug-likeness (QED) is 0.327. The van der Waals surface area contributed by atoms with Gasteiger partial charge in [0.25, 0.3) is 0 Å². The fourth-order valence-electron chi connectivity index (χ4n) is 11.5. The average Bonchev–Trinajstić information content (AvgIpc) is 3.37. The van der Waals surface area contributed by atoms with Crippen LogP contribution in [-0.4, -0.2) is 41.8 Å². The molecular formula is C33H58N2O4. The summed E-state index contributed by atoms with van der Waals surface area (Å²) in [6.07, 6.45) is 13.2. The maximum absolute atomic E-state index is 11.9. The van der Waals surface area contributed by atoms with E-state index in [9.17, 15) is 9.90 Å². The minimum Gasteiger partial charge on any atom is -0.443 e. The fourth-order valence-corrected chi connectivity index (χ4v) is 11.5. The van der Waals surface area contributed by atoms with Crippen LogP contribution >= 0.6 is 0 Å². The van der Waals surface area contributed by atoms with E-state index in [0.29, 0.717) is 35.0 Å². The number of aliphatic hydroxyl groups excluding tert-OH is 1. The summed E-state index contributed by atoms with van der Waals surface area (Å²) in [6, 6.07) is 0. The minimum absolute atomic E-state index is 0.0160. The molecule has 4 saturated carbocycles. The second-order valence-corrected chi connectivity index (χ2v) is 16.4. The summed E-state index contributed by atoms with van der Waals surface area (Å²) in [5.41, 5.74) is 6.61. The molecule has 39 heavy (non-hydrogen) atoms. The van der Waals surface area contributed by atoms with Gasteiger partial charge < -0.3 is 25.6 Å². The number of aliphatic hydroxyl groups is 1. The number of carbonyl (C=O) groups is 1. The first-order valence-corrected chi connectivity index (χ1v) is 16.1. The first-order chi connectivity index (χ1) is 18.1. The van der Waals surface area contributed by atoms with Crippen molar-refractivity contribution in [3.63, 3.8) is 0 Å². The van der Waals surface area contributed by atoms with Gasteiger partial charge in [0.15, 0.2) is 0 Å². The molecule has 1 aliphatic heterocycles. The number of hydrogen-bond acceptors (Lipinski definition) is 5. The molecule has 1 heterocycles. The average molecular weight is 547 g/mol. The van der Waals surface area contributed by atoms with Gasteiger partial charge in [-0.25, -0.2) is 4.79 Å². The molecule has 7 unspecified atom stereocenters. The molecule has 5 fully saturated rings. The number of nitrogens with two attached hydrogens (primary N) is 1. The smallest absolute Gasteiger partial charge is 0.407 e. The van der Waals surface area contributed by atoms with Gasteiger partial charge >= 0.3 is 6.09 Å². The number of hydrogen-bond donors (Lipinski definition) is 3. The lowest BCUT2D eigenvalue weighted by Crippen LogP contribution is -2.56. The van der Waals surface area contributed by atoms with Crippen molar-refractivity contribution in [2.24, 2.45) is 51.1 Å². The zero-order chi connectivity index (χ0) is 28.6. The molecule has 10 atom stereocenters. The number of carbonyl (C=O) groups excluding carboxylic acids is 1. The van der Waals surface area contributed by atoms with Crippen molar-refractivity contribution in [2.75, 3.05) is 7.05 Å². The van der Waals surface area contributed by atoms with Crippen LogP contribution in [0.4, 0.5) is 4.79 Å². The number of alkyl carbamates (subject to hydrolysis) is 1. The number of unbranched alkanes of at least 4 members (excludes halogenated alkanes) is 1. The Morgan fingerprint density at radius 1 is 1.13 bits per heavy atom. The maximum Gasteiger partial charge on any atom is 0.407 e. The topological polar surface area (TPSA) is 93.8 Å². The van der Waals surface area contributed by atoms with Crippen LogP contribution in [0.1, 0.15) is 126 Å². The van der Waals surface area contributed by atoms with Crippen molar-refractivity contribution in [1.82, 2.24) is 5.32 Å². The van der Waals surface area contributed by atoms with Gasteiger partial charge in [0, 0.05) is 13.5 Å². The molecule has 6 heteroatoms. The van der Waals surface area contributed by atoms with Crippen molar-refractivity contribution >= 4 is 6.09 Å². The Kier molecular flexibility index (Phi) is 7.29. The third-order valence-corrected chi connectivity index (χ3v) is 12.9. The van der Waals surface area contributed by atoms with Gasteiger partial charge in [0.05, 0.1) is 12.2 Å². The molecule has 1 amide bonds. The SMILES string of the molecule is CCCCC12CC13CCC(O)C(C)(C)C3CCC2[C@]1(C)CC2O[C@@](N)(CC(C)(C)OC(=O)NC)C[C@@H](C)C2C1. The maximum atomic E-state index is 11.9. The molecule has 0 aromatic carbocycles. The lowest BCUT2D eigenvalue weighted by atomic mass is 9.49. The highest BCUT2D eigenvalue weighted by Crippen LogP contribution is 2.85. The summed E-state index contributed by atoms with van der Waals surface area (Å²) in [4.78, 5) is 11.9. The zero-order valence-electron chi connectivity index (χ0n) is 26.2. The summed E-state index contributed by atoms with van der Waals surface area (Å²) in [6.45, 7) is 15.9. The highest BCUT2D eigenvalue weighted by Gasteiger charge is 2.79. The van der Waals surface area contributed by atoms with Crippen LogP contribution in [0.15, 0.2) is 0 Å². The lowest BCUT2D eigenvalue weighted by Gasteiger charge is -2.57. The Hall–Kier alpha value is -0.850. The van der Waals surface area contributed by atoms with Gasteiger partial charge in [-0.15, -0.1) is 0 Å². The van der Waals surface area contributed by atoms with E-state index in [-0.39, 0.29) is 23.0 Å². The Labute approximate surface area is 237 Å². The first-order valence-electron chi connectivity index (χ1n) is 16.1. The van der Waals surface area contributed by atoms with Crippen LogP contribution in [0.3, 0.4) is 0 Å². The zero-order valence-corrected chi connectivity index (χ0v) is 26.2. The molecule has 4 aliphatic carbocycles.